The highest BCUT2D eigenvalue weighted by atomic mass is 16.2. The first-order valence-corrected chi connectivity index (χ1v) is 10.6. The van der Waals surface area contributed by atoms with Gasteiger partial charge in [-0.25, -0.2) is 4.68 Å². The second-order valence-electron chi connectivity index (χ2n) is 8.53. The van der Waals surface area contributed by atoms with Crippen LogP contribution in [-0.4, -0.2) is 55.0 Å². The van der Waals surface area contributed by atoms with Crippen LogP contribution in [0.4, 0.5) is 0 Å². The maximum atomic E-state index is 12.5. The van der Waals surface area contributed by atoms with E-state index in [-0.39, 0.29) is 0 Å². The Morgan fingerprint density at radius 3 is 2.89 bits per heavy atom. The zero-order valence-electron chi connectivity index (χ0n) is 16.3. The molecule has 3 aliphatic rings. The van der Waals surface area contributed by atoms with Gasteiger partial charge in [-0.15, -0.1) is 5.10 Å². The molecule has 1 aromatic heterocycles. The maximum absolute atomic E-state index is 12.5. The summed E-state index contributed by atoms with van der Waals surface area (Å²) in [5, 5.41) is 12.3. The molecule has 1 saturated carbocycles. The van der Waals surface area contributed by atoms with Crippen LogP contribution in [0.25, 0.3) is 0 Å². The average Bonchev–Trinajstić information content (AvgIpc) is 3.45. The van der Waals surface area contributed by atoms with Gasteiger partial charge in [-0.3, -0.25) is 9.69 Å². The number of likely N-dealkylation sites (tertiary alicyclic amines) is 1. The van der Waals surface area contributed by atoms with Crippen molar-refractivity contribution < 1.29 is 4.79 Å². The molecule has 148 valence electrons. The third-order valence-corrected chi connectivity index (χ3v) is 6.67. The number of benzene rings is 1. The first kappa shape index (κ1) is 17.8. The van der Waals surface area contributed by atoms with Gasteiger partial charge in [-0.2, -0.15) is 0 Å². The van der Waals surface area contributed by atoms with E-state index in [4.69, 9.17) is 0 Å². The molecular weight excluding hydrogens is 352 g/mol. The lowest BCUT2D eigenvalue weighted by Gasteiger charge is -2.28. The maximum Gasteiger partial charge on any atom is 0.222 e. The quantitative estimate of drug-likeness (QED) is 0.767. The summed E-state index contributed by atoms with van der Waals surface area (Å²) in [4.78, 5) is 17.1. The van der Waals surface area contributed by atoms with Crippen LogP contribution in [-0.2, 0) is 30.8 Å². The summed E-state index contributed by atoms with van der Waals surface area (Å²) in [5.74, 6) is 1.97. The molecule has 0 N–H and O–H groups in total. The second-order valence-corrected chi connectivity index (χ2v) is 8.53. The summed E-state index contributed by atoms with van der Waals surface area (Å²) in [6.07, 6.45) is 6.20. The molecule has 28 heavy (non-hydrogen) atoms. The lowest BCUT2D eigenvalue weighted by Crippen LogP contribution is -2.37. The Kier molecular flexibility index (Phi) is 4.84. The second kappa shape index (κ2) is 7.62. The Labute approximate surface area is 165 Å². The number of piperidine rings is 1. The summed E-state index contributed by atoms with van der Waals surface area (Å²) in [7, 11) is 0. The smallest absolute Gasteiger partial charge is 0.222 e. The fourth-order valence-electron chi connectivity index (χ4n) is 5.15. The van der Waals surface area contributed by atoms with E-state index in [1.807, 2.05) is 4.68 Å². The van der Waals surface area contributed by atoms with Gasteiger partial charge in [0.05, 0.1) is 6.54 Å². The van der Waals surface area contributed by atoms with Gasteiger partial charge in [0.25, 0.3) is 0 Å². The molecule has 5 rings (SSSR count). The van der Waals surface area contributed by atoms with Gasteiger partial charge in [-0.05, 0) is 59.6 Å². The predicted octanol–water partition coefficient (Wildman–Crippen LogP) is 2.02. The molecule has 2 fully saturated rings. The van der Waals surface area contributed by atoms with Gasteiger partial charge < -0.3 is 4.90 Å². The molecule has 0 unspecified atom stereocenters. The van der Waals surface area contributed by atoms with Gasteiger partial charge in [0.2, 0.25) is 5.91 Å². The number of tetrazole rings is 1. The summed E-state index contributed by atoms with van der Waals surface area (Å²) >= 11 is 0. The Hall–Kier alpha value is -2.28. The average molecular weight is 380 g/mol. The van der Waals surface area contributed by atoms with Crippen molar-refractivity contribution in [3.63, 3.8) is 0 Å². The molecular formula is C21H28N6O. The van der Waals surface area contributed by atoms with E-state index >= 15 is 0 Å². The number of amides is 1. The standard InChI is InChI=1S/C21H28N6O/c28-21(26-13-16-7-8-19(26)12-16)6-3-10-27-20(22-23-24-27)15-25-11-9-17-4-1-2-5-18(17)14-25/h1-2,4-5,16,19H,3,6-15H2/t16-,19-/m0/s1. The fourth-order valence-corrected chi connectivity index (χ4v) is 5.15. The van der Waals surface area contributed by atoms with E-state index in [0.717, 1.165) is 50.8 Å². The molecule has 1 saturated heterocycles. The molecule has 0 radical (unpaired) electrons. The Bertz CT molecular complexity index is 849. The van der Waals surface area contributed by atoms with E-state index in [9.17, 15) is 4.79 Å². The number of hydrogen-bond donors (Lipinski definition) is 0. The highest BCUT2D eigenvalue weighted by Crippen LogP contribution is 2.37. The van der Waals surface area contributed by atoms with Crippen molar-refractivity contribution in [2.24, 2.45) is 5.92 Å². The molecule has 3 heterocycles. The lowest BCUT2D eigenvalue weighted by atomic mass is 10.00. The van der Waals surface area contributed by atoms with E-state index < -0.39 is 0 Å². The molecule has 1 amide bonds. The summed E-state index contributed by atoms with van der Waals surface area (Å²) in [5.41, 5.74) is 2.85. The van der Waals surface area contributed by atoms with Gasteiger partial charge in [0, 0.05) is 38.6 Å². The SMILES string of the molecule is O=C(CCCn1nnnc1CN1CCc2ccccc2C1)N1C[C@H]2CC[C@H]1C2. The Balaban J connectivity index is 1.13. The van der Waals surface area contributed by atoms with E-state index in [1.165, 1.54) is 30.4 Å². The third-order valence-electron chi connectivity index (χ3n) is 6.67. The van der Waals surface area contributed by atoms with Gasteiger partial charge in [0.1, 0.15) is 0 Å². The van der Waals surface area contributed by atoms with Crippen LogP contribution in [0.15, 0.2) is 24.3 Å². The monoisotopic (exact) mass is 380 g/mol. The van der Waals surface area contributed by atoms with Crippen molar-refractivity contribution in [3.8, 4) is 0 Å². The molecule has 1 aromatic carbocycles. The lowest BCUT2D eigenvalue weighted by molar-refractivity contribution is -0.133. The number of carbonyl (C=O) groups excluding carboxylic acids is 1. The molecule has 7 heteroatoms. The van der Waals surface area contributed by atoms with Gasteiger partial charge >= 0.3 is 0 Å². The van der Waals surface area contributed by atoms with Gasteiger partial charge in [-0.1, -0.05) is 24.3 Å². The topological polar surface area (TPSA) is 67.2 Å². The zero-order valence-corrected chi connectivity index (χ0v) is 16.3. The first-order valence-electron chi connectivity index (χ1n) is 10.6. The van der Waals surface area contributed by atoms with Crippen LogP contribution in [0.1, 0.15) is 49.1 Å². The molecule has 2 aromatic rings. The normalized spacial score (nSPS) is 23.9. The minimum atomic E-state index is 0.314. The van der Waals surface area contributed by atoms with Crippen molar-refractivity contribution in [2.75, 3.05) is 13.1 Å². The third kappa shape index (κ3) is 3.55. The van der Waals surface area contributed by atoms with Crippen LogP contribution < -0.4 is 0 Å². The number of fused-ring (bicyclic) bond motifs is 3. The summed E-state index contributed by atoms with van der Waals surface area (Å²) < 4.78 is 1.88. The van der Waals surface area contributed by atoms with Crippen LogP contribution in [0.3, 0.4) is 0 Å². The first-order chi connectivity index (χ1) is 13.8. The van der Waals surface area contributed by atoms with Crippen LogP contribution >= 0.6 is 0 Å². The molecule has 1 aliphatic carbocycles. The Morgan fingerprint density at radius 1 is 1.18 bits per heavy atom. The van der Waals surface area contributed by atoms with E-state index in [0.29, 0.717) is 24.9 Å². The van der Waals surface area contributed by atoms with Crippen LogP contribution in [0.2, 0.25) is 0 Å². The van der Waals surface area contributed by atoms with Gasteiger partial charge in [0.15, 0.2) is 5.82 Å². The molecule has 2 atom stereocenters. The highest BCUT2D eigenvalue weighted by Gasteiger charge is 2.39. The van der Waals surface area contributed by atoms with Crippen molar-refractivity contribution >= 4 is 5.91 Å². The van der Waals surface area contributed by atoms with Crippen molar-refractivity contribution in [3.05, 3.63) is 41.2 Å². The minimum Gasteiger partial charge on any atom is -0.339 e. The number of carbonyl (C=O) groups is 1. The fraction of sp³-hybridized carbons (Fsp3) is 0.619. The molecule has 0 spiro atoms. The van der Waals surface area contributed by atoms with Crippen LogP contribution in [0, 0.1) is 5.92 Å². The number of aromatic nitrogens is 4. The van der Waals surface area contributed by atoms with Crippen molar-refractivity contribution in [2.45, 2.75) is 64.2 Å². The van der Waals surface area contributed by atoms with Crippen molar-refractivity contribution in [1.82, 2.24) is 30.0 Å². The van der Waals surface area contributed by atoms with E-state index in [1.54, 1.807) is 0 Å². The molecule has 2 bridgehead atoms. The van der Waals surface area contributed by atoms with Crippen molar-refractivity contribution in [1.29, 1.82) is 0 Å². The summed E-state index contributed by atoms with van der Waals surface area (Å²) in [6.45, 7) is 4.42. The zero-order chi connectivity index (χ0) is 18.9. The number of hydrogen-bond acceptors (Lipinski definition) is 5. The predicted molar refractivity (Wildman–Crippen MR) is 104 cm³/mol. The van der Waals surface area contributed by atoms with Crippen LogP contribution in [0.5, 0.6) is 0 Å². The summed E-state index contributed by atoms with van der Waals surface area (Å²) in [6, 6.07) is 9.17. The number of rotatable bonds is 6. The molecule has 7 nitrogen and oxygen atoms in total. The number of nitrogens with zero attached hydrogens (tertiary/aromatic N) is 6. The number of aryl methyl sites for hydroxylation is 1. The van der Waals surface area contributed by atoms with E-state index in [2.05, 4.69) is 49.6 Å². The largest absolute Gasteiger partial charge is 0.339 e. The highest BCUT2D eigenvalue weighted by molar-refractivity contribution is 5.77. The molecule has 2 aliphatic heterocycles. The minimum absolute atomic E-state index is 0.314. The Morgan fingerprint density at radius 2 is 2.07 bits per heavy atom.